The fraction of sp³-hybridized carbons (Fsp3) is 0.364. The summed E-state index contributed by atoms with van der Waals surface area (Å²) in [5, 5.41) is 2.09. The van der Waals surface area contributed by atoms with Crippen molar-refractivity contribution in [1.82, 2.24) is 10.2 Å². The largest absolute Gasteiger partial charge is 0.493 e. The average molecular weight is 450 g/mol. The summed E-state index contributed by atoms with van der Waals surface area (Å²) in [5.74, 6) is -2.94. The number of rotatable bonds is 3. The molecule has 164 valence electrons. The predicted octanol–water partition coefficient (Wildman–Crippen LogP) is 3.22. The van der Waals surface area contributed by atoms with Gasteiger partial charge in [0, 0.05) is 24.9 Å². The molecule has 0 radical (unpaired) electrons. The van der Waals surface area contributed by atoms with Gasteiger partial charge >= 0.3 is 6.03 Å². The summed E-state index contributed by atoms with van der Waals surface area (Å²) >= 11 is 5.88. The van der Waals surface area contributed by atoms with E-state index in [-0.39, 0.29) is 25.3 Å². The molecule has 1 saturated heterocycles. The van der Waals surface area contributed by atoms with Crippen LogP contribution in [-0.4, -0.2) is 42.1 Å². The number of nitrogens with two attached hydrogens (primary N) is 1. The molecule has 0 bridgehead atoms. The lowest BCUT2D eigenvalue weighted by Gasteiger charge is -2.50. The van der Waals surface area contributed by atoms with Gasteiger partial charge < -0.3 is 20.7 Å². The highest BCUT2D eigenvalue weighted by Gasteiger charge is 2.54. The first-order chi connectivity index (χ1) is 14.7. The van der Waals surface area contributed by atoms with Crippen molar-refractivity contribution in [3.63, 3.8) is 0 Å². The number of halogens is 3. The molecule has 1 fully saturated rings. The Bertz CT molecular complexity index is 1050. The van der Waals surface area contributed by atoms with Crippen LogP contribution in [0.3, 0.4) is 0 Å². The molecule has 4 rings (SSSR count). The number of para-hydroxylation sites is 1. The fourth-order valence-corrected chi connectivity index (χ4v) is 5.00. The summed E-state index contributed by atoms with van der Waals surface area (Å²) in [5.41, 5.74) is 5.00. The van der Waals surface area contributed by atoms with Gasteiger partial charge in [-0.3, -0.25) is 4.79 Å². The second kappa shape index (κ2) is 8.00. The van der Waals surface area contributed by atoms with E-state index >= 15 is 4.39 Å². The Balaban J connectivity index is 1.89. The van der Waals surface area contributed by atoms with Crippen LogP contribution in [0.5, 0.6) is 5.75 Å². The van der Waals surface area contributed by atoms with E-state index in [0.717, 1.165) is 11.6 Å². The number of primary amides is 1. The zero-order valence-electron chi connectivity index (χ0n) is 16.8. The van der Waals surface area contributed by atoms with Gasteiger partial charge in [-0.2, -0.15) is 0 Å². The topological polar surface area (TPSA) is 84.7 Å². The molecule has 0 aliphatic carbocycles. The maximum atomic E-state index is 15.3. The van der Waals surface area contributed by atoms with Crippen molar-refractivity contribution < 1.29 is 23.1 Å². The number of carbonyl (C=O) groups is 2. The van der Waals surface area contributed by atoms with E-state index in [2.05, 4.69) is 5.32 Å². The minimum Gasteiger partial charge on any atom is -0.493 e. The Morgan fingerprint density at radius 1 is 1.32 bits per heavy atom. The highest BCUT2D eigenvalue weighted by molar-refractivity contribution is 6.31. The molecule has 9 heteroatoms. The number of benzene rings is 2. The van der Waals surface area contributed by atoms with E-state index in [1.54, 1.807) is 6.92 Å². The summed E-state index contributed by atoms with van der Waals surface area (Å²) in [7, 11) is 0. The number of fused-ring (bicyclic) bond motifs is 1. The van der Waals surface area contributed by atoms with Crippen molar-refractivity contribution in [1.29, 1.82) is 0 Å². The number of carbonyl (C=O) groups excluding carboxylic acids is 2. The van der Waals surface area contributed by atoms with Crippen molar-refractivity contribution in [3.05, 3.63) is 64.2 Å². The van der Waals surface area contributed by atoms with E-state index < -0.39 is 46.0 Å². The van der Waals surface area contributed by atoms with Crippen LogP contribution < -0.4 is 15.8 Å². The Labute approximate surface area is 183 Å². The average Bonchev–Trinajstić information content (AvgIpc) is 2.75. The van der Waals surface area contributed by atoms with Gasteiger partial charge in [0.05, 0.1) is 6.61 Å². The van der Waals surface area contributed by atoms with Crippen LogP contribution in [0.1, 0.15) is 24.0 Å². The number of urea groups is 1. The molecule has 2 aliphatic rings. The SMILES string of the molecule is CC1([C@@H](c2ccc(F)c(Cl)c2F)[C@H]2COc3ccccc3C2)C(=O)NCCN1C(N)=O. The minimum atomic E-state index is -1.54. The van der Waals surface area contributed by atoms with Crippen LogP contribution in [-0.2, 0) is 11.2 Å². The van der Waals surface area contributed by atoms with Gasteiger partial charge in [0.15, 0.2) is 0 Å². The smallest absolute Gasteiger partial charge is 0.315 e. The first kappa shape index (κ1) is 21.4. The highest BCUT2D eigenvalue weighted by atomic mass is 35.5. The predicted molar refractivity (Wildman–Crippen MR) is 111 cm³/mol. The molecule has 31 heavy (non-hydrogen) atoms. The number of nitrogens with one attached hydrogen (secondary N) is 1. The van der Waals surface area contributed by atoms with E-state index in [0.29, 0.717) is 12.2 Å². The third kappa shape index (κ3) is 3.48. The molecule has 3 atom stereocenters. The summed E-state index contributed by atoms with van der Waals surface area (Å²) in [6.45, 7) is 2.11. The minimum absolute atomic E-state index is 0.0326. The van der Waals surface area contributed by atoms with Gasteiger partial charge in [-0.15, -0.1) is 0 Å². The number of amides is 3. The van der Waals surface area contributed by atoms with Gasteiger partial charge in [-0.1, -0.05) is 35.9 Å². The van der Waals surface area contributed by atoms with Crippen LogP contribution in [0, 0.1) is 17.6 Å². The lowest BCUT2D eigenvalue weighted by atomic mass is 9.68. The first-order valence-electron chi connectivity index (χ1n) is 9.94. The van der Waals surface area contributed by atoms with Crippen molar-refractivity contribution in [2.24, 2.45) is 11.7 Å². The normalized spacial score (nSPS) is 24.1. The molecule has 2 aromatic rings. The Hall–Kier alpha value is -2.87. The molecule has 6 nitrogen and oxygen atoms in total. The number of nitrogens with zero attached hydrogens (tertiary/aromatic N) is 1. The zero-order valence-corrected chi connectivity index (χ0v) is 17.6. The molecule has 2 aliphatic heterocycles. The van der Waals surface area contributed by atoms with Crippen molar-refractivity contribution in [2.75, 3.05) is 19.7 Å². The van der Waals surface area contributed by atoms with Gasteiger partial charge in [-0.05, 0) is 36.6 Å². The van der Waals surface area contributed by atoms with Crippen molar-refractivity contribution in [3.8, 4) is 5.75 Å². The van der Waals surface area contributed by atoms with Crippen LogP contribution in [0.25, 0.3) is 0 Å². The Kier molecular flexibility index (Phi) is 5.51. The van der Waals surface area contributed by atoms with E-state index in [4.69, 9.17) is 22.1 Å². The van der Waals surface area contributed by atoms with E-state index in [9.17, 15) is 14.0 Å². The van der Waals surface area contributed by atoms with Crippen LogP contribution in [0.2, 0.25) is 5.02 Å². The Morgan fingerprint density at radius 2 is 2.06 bits per heavy atom. The summed E-state index contributed by atoms with van der Waals surface area (Å²) in [6.07, 6.45) is 0.463. The number of ether oxygens (including phenoxy) is 1. The molecule has 0 spiro atoms. The number of hydrogen-bond acceptors (Lipinski definition) is 3. The zero-order chi connectivity index (χ0) is 22.3. The monoisotopic (exact) mass is 449 g/mol. The quantitative estimate of drug-likeness (QED) is 0.705. The molecular weight excluding hydrogens is 428 g/mol. The van der Waals surface area contributed by atoms with Gasteiger partial charge in [0.2, 0.25) is 5.91 Å². The highest BCUT2D eigenvalue weighted by Crippen LogP contribution is 2.46. The van der Waals surface area contributed by atoms with Crippen LogP contribution >= 0.6 is 11.6 Å². The summed E-state index contributed by atoms with van der Waals surface area (Å²) in [4.78, 5) is 26.7. The van der Waals surface area contributed by atoms with Crippen LogP contribution in [0.4, 0.5) is 13.6 Å². The molecular formula is C22H22ClF2N3O3. The van der Waals surface area contributed by atoms with Gasteiger partial charge in [0.1, 0.15) is 27.9 Å². The second-order valence-corrected chi connectivity index (χ2v) is 8.40. The van der Waals surface area contributed by atoms with E-state index in [1.807, 2.05) is 24.3 Å². The van der Waals surface area contributed by atoms with Gasteiger partial charge in [0.25, 0.3) is 0 Å². The van der Waals surface area contributed by atoms with Crippen molar-refractivity contribution in [2.45, 2.75) is 24.8 Å². The maximum absolute atomic E-state index is 15.3. The first-order valence-corrected chi connectivity index (χ1v) is 10.3. The second-order valence-electron chi connectivity index (χ2n) is 8.02. The lowest BCUT2D eigenvalue weighted by Crippen LogP contribution is -2.69. The van der Waals surface area contributed by atoms with Gasteiger partial charge in [-0.25, -0.2) is 13.6 Å². The standard InChI is InChI=1S/C22H22ClF2N3O3/c1-22(20(29)27-8-9-28(22)21(26)30)17(14-6-7-15(24)18(23)19(14)25)13-10-12-4-2-3-5-16(12)31-11-13/h2-7,13,17H,8-11H2,1H3,(H2,26,30)(H,27,29)/t13-,17-,22?/m1/s1. The molecule has 2 aromatic carbocycles. The third-order valence-electron chi connectivity index (χ3n) is 6.29. The summed E-state index contributed by atoms with van der Waals surface area (Å²) < 4.78 is 35.1. The molecule has 1 unspecified atom stereocenters. The number of piperazine rings is 1. The molecule has 2 heterocycles. The van der Waals surface area contributed by atoms with Crippen molar-refractivity contribution >= 4 is 23.5 Å². The number of hydrogen-bond donors (Lipinski definition) is 2. The summed E-state index contributed by atoms with van der Waals surface area (Å²) in [6, 6.07) is 8.97. The maximum Gasteiger partial charge on any atom is 0.315 e. The molecule has 3 amide bonds. The third-order valence-corrected chi connectivity index (χ3v) is 6.64. The lowest BCUT2D eigenvalue weighted by molar-refractivity contribution is -0.136. The molecule has 0 aromatic heterocycles. The molecule has 0 saturated carbocycles. The van der Waals surface area contributed by atoms with Crippen LogP contribution in [0.15, 0.2) is 36.4 Å². The molecule has 3 N–H and O–H groups in total. The van der Waals surface area contributed by atoms with E-state index in [1.165, 1.54) is 11.0 Å². The Morgan fingerprint density at radius 3 is 2.81 bits per heavy atom. The fourth-order valence-electron chi connectivity index (χ4n) is 4.83.